The van der Waals surface area contributed by atoms with E-state index in [2.05, 4.69) is 42.7 Å². The number of likely N-dealkylation sites (tertiary alicyclic amines) is 1. The van der Waals surface area contributed by atoms with E-state index in [1.54, 1.807) is 6.20 Å². The van der Waals surface area contributed by atoms with Crippen molar-refractivity contribution >= 4 is 28.6 Å². The van der Waals surface area contributed by atoms with Gasteiger partial charge in [0.05, 0.1) is 24.1 Å². The van der Waals surface area contributed by atoms with Crippen molar-refractivity contribution in [3.63, 3.8) is 0 Å². The first kappa shape index (κ1) is 16.1. The molecule has 9 heteroatoms. The highest BCUT2D eigenvalue weighted by Gasteiger charge is 2.21. The van der Waals surface area contributed by atoms with E-state index in [0.717, 1.165) is 49.3 Å². The summed E-state index contributed by atoms with van der Waals surface area (Å²) in [5, 5.41) is 14.2. The second-order valence-corrected chi connectivity index (χ2v) is 6.61. The molecule has 0 aliphatic carbocycles. The summed E-state index contributed by atoms with van der Waals surface area (Å²) in [6, 6.07) is 1.78. The number of urea groups is 1. The highest BCUT2D eigenvalue weighted by molar-refractivity contribution is 5.94. The number of ether oxygens (including phenoxy) is 1. The molecule has 3 N–H and O–H groups in total. The lowest BCUT2D eigenvalue weighted by atomic mass is 10.2. The summed E-state index contributed by atoms with van der Waals surface area (Å²) < 4.78 is 5.38. The number of carbonyl (C=O) groups is 1. The number of hydrogen-bond donors (Lipinski definition) is 3. The fraction of sp³-hybridized carbons (Fsp3) is 0.562. The quantitative estimate of drug-likeness (QED) is 0.754. The number of H-pyrrole nitrogens is 1. The van der Waals surface area contributed by atoms with Crippen LogP contribution in [0.1, 0.15) is 6.42 Å². The number of morpholine rings is 1. The summed E-state index contributed by atoms with van der Waals surface area (Å²) in [4.78, 5) is 20.9. The fourth-order valence-electron chi connectivity index (χ4n) is 3.37. The Morgan fingerprint density at radius 2 is 2.20 bits per heavy atom. The number of pyridine rings is 1. The number of nitrogens with one attached hydrogen (secondary N) is 3. The molecule has 2 fully saturated rings. The molecule has 4 rings (SSSR count). The topological polar surface area (TPSA) is 98.4 Å². The van der Waals surface area contributed by atoms with Crippen molar-refractivity contribution < 1.29 is 9.53 Å². The number of hydrogen-bond acceptors (Lipinski definition) is 6. The van der Waals surface area contributed by atoms with Gasteiger partial charge in [-0.3, -0.25) is 10.4 Å². The van der Waals surface area contributed by atoms with E-state index in [1.807, 2.05) is 6.07 Å². The van der Waals surface area contributed by atoms with Gasteiger partial charge in [-0.2, -0.15) is 5.10 Å². The molecular weight excluding hydrogens is 322 g/mol. The Hall–Kier alpha value is -2.39. The van der Waals surface area contributed by atoms with Gasteiger partial charge in [0.1, 0.15) is 5.82 Å². The normalized spacial score (nSPS) is 21.6. The van der Waals surface area contributed by atoms with Gasteiger partial charge in [-0.05, 0) is 20.0 Å². The van der Waals surface area contributed by atoms with Gasteiger partial charge >= 0.3 is 6.03 Å². The van der Waals surface area contributed by atoms with Crippen molar-refractivity contribution in [2.24, 2.45) is 0 Å². The van der Waals surface area contributed by atoms with Crippen LogP contribution in [0, 0.1) is 0 Å². The molecule has 0 bridgehead atoms. The van der Waals surface area contributed by atoms with E-state index in [1.165, 1.54) is 0 Å². The molecule has 0 radical (unpaired) electrons. The van der Waals surface area contributed by atoms with Crippen molar-refractivity contribution in [1.82, 2.24) is 25.4 Å². The Bertz CT molecular complexity index is 756. The van der Waals surface area contributed by atoms with Crippen LogP contribution in [-0.4, -0.2) is 78.6 Å². The third-order valence-electron chi connectivity index (χ3n) is 4.71. The molecule has 0 spiro atoms. The molecule has 9 nitrogen and oxygen atoms in total. The summed E-state index contributed by atoms with van der Waals surface area (Å²) in [6.07, 6.45) is 2.72. The van der Waals surface area contributed by atoms with Gasteiger partial charge < -0.3 is 19.9 Å². The minimum absolute atomic E-state index is 0.189. The molecule has 0 unspecified atom stereocenters. The highest BCUT2D eigenvalue weighted by Crippen LogP contribution is 2.25. The smallest absolute Gasteiger partial charge is 0.320 e. The molecule has 25 heavy (non-hydrogen) atoms. The first-order chi connectivity index (χ1) is 12.2. The number of aromatic amines is 1. The molecule has 2 amide bonds. The number of fused-ring (bicyclic) bond motifs is 1. The Balaban J connectivity index is 1.43. The van der Waals surface area contributed by atoms with Crippen molar-refractivity contribution in [3.8, 4) is 0 Å². The number of anilines is 2. The SMILES string of the molecule is CN1CC[C@H](NC(=O)Nc2cc3[nH]nc(N4CCOCC4)c3cn2)C1. The lowest BCUT2D eigenvalue weighted by Gasteiger charge is -2.26. The van der Waals surface area contributed by atoms with E-state index in [-0.39, 0.29) is 12.1 Å². The lowest BCUT2D eigenvalue weighted by molar-refractivity contribution is 0.122. The van der Waals surface area contributed by atoms with Crippen LogP contribution in [0.3, 0.4) is 0 Å². The predicted molar refractivity (Wildman–Crippen MR) is 95.0 cm³/mol. The summed E-state index contributed by atoms with van der Waals surface area (Å²) in [5.41, 5.74) is 0.854. The van der Waals surface area contributed by atoms with Gasteiger partial charge in [0.15, 0.2) is 5.82 Å². The third-order valence-corrected chi connectivity index (χ3v) is 4.71. The predicted octanol–water partition coefficient (Wildman–Crippen LogP) is 0.620. The number of rotatable bonds is 3. The number of carbonyl (C=O) groups excluding carboxylic acids is 1. The zero-order valence-corrected chi connectivity index (χ0v) is 14.3. The maximum absolute atomic E-state index is 12.1. The van der Waals surface area contributed by atoms with E-state index in [4.69, 9.17) is 4.74 Å². The first-order valence-electron chi connectivity index (χ1n) is 8.62. The molecule has 0 saturated carbocycles. The van der Waals surface area contributed by atoms with Crippen LogP contribution in [0.15, 0.2) is 12.3 Å². The summed E-state index contributed by atoms with van der Waals surface area (Å²) in [7, 11) is 2.05. The minimum Gasteiger partial charge on any atom is -0.378 e. The average molecular weight is 345 g/mol. The third kappa shape index (κ3) is 3.52. The molecule has 2 aromatic rings. The minimum atomic E-state index is -0.222. The van der Waals surface area contributed by atoms with Gasteiger partial charge in [0, 0.05) is 37.9 Å². The van der Waals surface area contributed by atoms with Crippen molar-refractivity contribution in [1.29, 1.82) is 0 Å². The number of likely N-dealkylation sites (N-methyl/N-ethyl adjacent to an activating group) is 1. The molecule has 2 aliphatic rings. The maximum Gasteiger partial charge on any atom is 0.320 e. The molecule has 2 aromatic heterocycles. The molecule has 4 heterocycles. The summed E-state index contributed by atoms with van der Waals surface area (Å²) >= 11 is 0. The van der Waals surface area contributed by atoms with Crippen LogP contribution in [0.4, 0.5) is 16.4 Å². The van der Waals surface area contributed by atoms with E-state index in [9.17, 15) is 4.79 Å². The first-order valence-corrected chi connectivity index (χ1v) is 8.62. The summed E-state index contributed by atoms with van der Waals surface area (Å²) in [5.74, 6) is 1.39. The Morgan fingerprint density at radius 3 is 2.96 bits per heavy atom. The fourth-order valence-corrected chi connectivity index (χ4v) is 3.37. The second-order valence-electron chi connectivity index (χ2n) is 6.61. The molecule has 2 saturated heterocycles. The molecule has 1 atom stereocenters. The van der Waals surface area contributed by atoms with Crippen molar-refractivity contribution in [2.75, 3.05) is 56.7 Å². The van der Waals surface area contributed by atoms with Crippen LogP contribution >= 0.6 is 0 Å². The number of amides is 2. The molecular formula is C16H23N7O2. The van der Waals surface area contributed by atoms with E-state index in [0.29, 0.717) is 19.0 Å². The highest BCUT2D eigenvalue weighted by atomic mass is 16.5. The van der Waals surface area contributed by atoms with Gasteiger partial charge in [-0.15, -0.1) is 0 Å². The van der Waals surface area contributed by atoms with Crippen LogP contribution in [0.25, 0.3) is 10.9 Å². The Kier molecular flexibility index (Phi) is 4.41. The second kappa shape index (κ2) is 6.85. The van der Waals surface area contributed by atoms with Crippen LogP contribution in [0.2, 0.25) is 0 Å². The van der Waals surface area contributed by atoms with Crippen molar-refractivity contribution in [2.45, 2.75) is 12.5 Å². The van der Waals surface area contributed by atoms with Crippen LogP contribution in [-0.2, 0) is 4.74 Å². The van der Waals surface area contributed by atoms with Gasteiger partial charge in [-0.1, -0.05) is 0 Å². The lowest BCUT2D eigenvalue weighted by Crippen LogP contribution is -2.39. The van der Waals surface area contributed by atoms with Crippen molar-refractivity contribution in [3.05, 3.63) is 12.3 Å². The maximum atomic E-state index is 12.1. The molecule has 0 aromatic carbocycles. The van der Waals surface area contributed by atoms with Gasteiger partial charge in [0.25, 0.3) is 0 Å². The average Bonchev–Trinajstić information content (AvgIpc) is 3.21. The monoisotopic (exact) mass is 345 g/mol. The van der Waals surface area contributed by atoms with E-state index >= 15 is 0 Å². The Morgan fingerprint density at radius 1 is 1.36 bits per heavy atom. The number of nitrogens with zero attached hydrogens (tertiary/aromatic N) is 4. The Labute approximate surface area is 145 Å². The number of aromatic nitrogens is 3. The standard InChI is InChI=1S/C16H23N7O2/c1-22-3-2-11(10-22)18-16(24)19-14-8-13-12(9-17-14)15(21-20-13)23-4-6-25-7-5-23/h8-9,11H,2-7,10H2,1H3,(H,20,21)(H2,17,18,19,24)/t11-/m0/s1. The largest absolute Gasteiger partial charge is 0.378 e. The zero-order valence-electron chi connectivity index (χ0n) is 14.3. The van der Waals surface area contributed by atoms with E-state index < -0.39 is 0 Å². The summed E-state index contributed by atoms with van der Waals surface area (Å²) in [6.45, 7) is 4.93. The van der Waals surface area contributed by atoms with Crippen LogP contribution in [0.5, 0.6) is 0 Å². The van der Waals surface area contributed by atoms with Gasteiger partial charge in [-0.25, -0.2) is 9.78 Å². The zero-order chi connectivity index (χ0) is 17.2. The van der Waals surface area contributed by atoms with Crippen LogP contribution < -0.4 is 15.5 Å². The molecule has 134 valence electrons. The molecule has 2 aliphatic heterocycles. The van der Waals surface area contributed by atoms with Gasteiger partial charge in [0.2, 0.25) is 0 Å².